The predicted octanol–water partition coefficient (Wildman–Crippen LogP) is 5.74. The number of piperidine rings is 2. The van der Waals surface area contributed by atoms with E-state index in [1.54, 1.807) is 4.90 Å². The van der Waals surface area contributed by atoms with Crippen LogP contribution in [0.15, 0.2) is 42.5 Å². The number of nitrogens with one attached hydrogen (secondary N) is 1. The van der Waals surface area contributed by atoms with Crippen molar-refractivity contribution in [1.29, 1.82) is 0 Å². The molecule has 2 heterocycles. The number of likely N-dealkylation sites (tertiary alicyclic amines) is 1. The summed E-state index contributed by atoms with van der Waals surface area (Å²) in [6.45, 7) is 5.16. The van der Waals surface area contributed by atoms with E-state index >= 15 is 0 Å². The van der Waals surface area contributed by atoms with Crippen LogP contribution < -0.4 is 15.0 Å². The Labute approximate surface area is 232 Å². The lowest BCUT2D eigenvalue weighted by molar-refractivity contribution is -0.388. The fraction of sp³-hybridized carbons (Fsp3) is 0.536. The molecule has 2 aliphatic rings. The molecule has 0 unspecified atom stereocenters. The number of nitrogens with zero attached hydrogens (tertiary/aromatic N) is 3. The van der Waals surface area contributed by atoms with Crippen LogP contribution in [-0.4, -0.2) is 67.3 Å². The van der Waals surface area contributed by atoms with E-state index in [0.29, 0.717) is 32.5 Å². The van der Waals surface area contributed by atoms with Gasteiger partial charge in [0, 0.05) is 49.7 Å². The third-order valence-corrected chi connectivity index (χ3v) is 7.11. The quantitative estimate of drug-likeness (QED) is 0.306. The number of halogens is 3. The van der Waals surface area contributed by atoms with E-state index in [9.17, 15) is 28.1 Å². The van der Waals surface area contributed by atoms with Gasteiger partial charge in [0.25, 0.3) is 5.69 Å². The van der Waals surface area contributed by atoms with E-state index in [2.05, 4.69) is 10.2 Å². The van der Waals surface area contributed by atoms with Crippen molar-refractivity contribution in [3.05, 3.63) is 58.1 Å². The number of rotatable bonds is 9. The monoisotopic (exact) mass is 566 g/mol. The molecule has 2 aromatic rings. The largest absolute Gasteiger partial charge is 0.494 e. The van der Waals surface area contributed by atoms with E-state index in [-0.39, 0.29) is 37.8 Å². The lowest BCUT2D eigenvalue weighted by atomic mass is 10.0. The van der Waals surface area contributed by atoms with Crippen LogP contribution in [0.1, 0.15) is 45.6 Å². The Bertz CT molecular complexity index is 1130. The minimum absolute atomic E-state index is 0. The highest BCUT2D eigenvalue weighted by Gasteiger charge is 2.38. The van der Waals surface area contributed by atoms with Gasteiger partial charge in [-0.15, -0.1) is 0 Å². The zero-order valence-electron chi connectivity index (χ0n) is 21.8. The van der Waals surface area contributed by atoms with Gasteiger partial charge >= 0.3 is 6.18 Å². The number of anilines is 2. The predicted molar refractivity (Wildman–Crippen MR) is 147 cm³/mol. The zero-order chi connectivity index (χ0) is 28.0. The Morgan fingerprint density at radius 1 is 1.05 bits per heavy atom. The molecule has 0 aliphatic carbocycles. The molecular formula is C28H37F3N4O5. The van der Waals surface area contributed by atoms with Gasteiger partial charge in [0.15, 0.2) is 0 Å². The summed E-state index contributed by atoms with van der Waals surface area (Å²) in [6, 6.07) is 10.8. The third-order valence-electron chi connectivity index (χ3n) is 7.11. The fourth-order valence-corrected chi connectivity index (χ4v) is 5.00. The zero-order valence-corrected chi connectivity index (χ0v) is 21.8. The molecule has 2 fully saturated rings. The van der Waals surface area contributed by atoms with Crippen molar-refractivity contribution in [2.24, 2.45) is 0 Å². The molecule has 0 saturated carbocycles. The molecule has 1 N–H and O–H groups in total. The number of amides is 1. The summed E-state index contributed by atoms with van der Waals surface area (Å²) in [5.74, 6) is 0.747. The molecule has 40 heavy (non-hydrogen) atoms. The maximum Gasteiger partial charge on any atom is 0.423 e. The van der Waals surface area contributed by atoms with Crippen LogP contribution in [0.25, 0.3) is 0 Å². The molecule has 220 valence electrons. The van der Waals surface area contributed by atoms with Crippen LogP contribution >= 0.6 is 0 Å². The minimum atomic E-state index is -4.83. The van der Waals surface area contributed by atoms with Crippen LogP contribution in [-0.2, 0) is 15.7 Å². The van der Waals surface area contributed by atoms with Crippen LogP contribution in [0.5, 0.6) is 5.75 Å². The maximum absolute atomic E-state index is 13.3. The van der Waals surface area contributed by atoms with Crippen molar-refractivity contribution in [2.75, 3.05) is 49.6 Å². The van der Waals surface area contributed by atoms with E-state index in [4.69, 9.17) is 9.47 Å². The average Bonchev–Trinajstić information content (AvgIpc) is 2.92. The number of hydrogen-bond acceptors (Lipinski definition) is 7. The maximum atomic E-state index is 13.3. The summed E-state index contributed by atoms with van der Waals surface area (Å²) < 4.78 is 51.2. The van der Waals surface area contributed by atoms with Crippen molar-refractivity contribution in [2.45, 2.75) is 58.4 Å². The molecule has 1 amide bonds. The topological polar surface area (TPSA) is 97.2 Å². The molecule has 0 bridgehead atoms. The highest BCUT2D eigenvalue weighted by atomic mass is 19.4. The number of hydrogen-bond donors (Lipinski definition) is 1. The van der Waals surface area contributed by atoms with Gasteiger partial charge in [-0.1, -0.05) is 7.43 Å². The molecule has 2 aliphatic heterocycles. The van der Waals surface area contributed by atoms with Gasteiger partial charge in [0.1, 0.15) is 17.9 Å². The van der Waals surface area contributed by atoms with Gasteiger partial charge in [-0.3, -0.25) is 14.9 Å². The molecule has 0 aromatic heterocycles. The second-order valence-electron chi connectivity index (χ2n) is 9.71. The number of carbonyl (C=O) groups excluding carboxylic acids is 1. The molecule has 2 aromatic carbocycles. The molecule has 9 nitrogen and oxygen atoms in total. The first-order valence-corrected chi connectivity index (χ1v) is 13.1. The van der Waals surface area contributed by atoms with E-state index in [1.165, 1.54) is 6.07 Å². The summed E-state index contributed by atoms with van der Waals surface area (Å²) in [7, 11) is 0. The fourth-order valence-electron chi connectivity index (χ4n) is 5.00. The number of ether oxygens (including phenoxy) is 2. The second kappa shape index (κ2) is 13.7. The van der Waals surface area contributed by atoms with E-state index in [1.807, 2.05) is 31.2 Å². The van der Waals surface area contributed by atoms with Crippen LogP contribution in [0.2, 0.25) is 0 Å². The molecular weight excluding hydrogens is 529 g/mol. The molecule has 0 spiro atoms. The van der Waals surface area contributed by atoms with Crippen molar-refractivity contribution >= 4 is 23.0 Å². The van der Waals surface area contributed by atoms with Gasteiger partial charge in [-0.05, 0) is 69.0 Å². The van der Waals surface area contributed by atoms with Crippen molar-refractivity contribution in [3.63, 3.8) is 0 Å². The van der Waals surface area contributed by atoms with Crippen molar-refractivity contribution in [1.82, 2.24) is 4.90 Å². The van der Waals surface area contributed by atoms with Gasteiger partial charge in [-0.25, -0.2) is 0 Å². The summed E-state index contributed by atoms with van der Waals surface area (Å²) in [4.78, 5) is 26.6. The van der Waals surface area contributed by atoms with Crippen LogP contribution in [0.3, 0.4) is 0 Å². The van der Waals surface area contributed by atoms with Crippen LogP contribution in [0, 0.1) is 10.1 Å². The lowest BCUT2D eigenvalue weighted by Crippen LogP contribution is -2.45. The number of benzene rings is 2. The van der Waals surface area contributed by atoms with Crippen LogP contribution in [0.4, 0.5) is 30.2 Å². The van der Waals surface area contributed by atoms with E-state index < -0.39 is 22.4 Å². The Morgan fingerprint density at radius 2 is 1.70 bits per heavy atom. The van der Waals surface area contributed by atoms with Crippen molar-refractivity contribution < 1.29 is 32.4 Å². The normalized spacial score (nSPS) is 16.8. The first-order chi connectivity index (χ1) is 18.6. The van der Waals surface area contributed by atoms with Gasteiger partial charge in [-0.2, -0.15) is 13.2 Å². The highest BCUT2D eigenvalue weighted by Crippen LogP contribution is 2.38. The SMILES string of the molecule is C.CCOc1ccc(N2CCC(OCC(=O)N3CCC(Nc4ccc([N+](=O)[O-])c(C(F)(F)F)c4)CC3)CC2)cc1. The van der Waals surface area contributed by atoms with Gasteiger partial charge in [0.2, 0.25) is 5.91 Å². The molecule has 0 radical (unpaired) electrons. The number of alkyl halides is 3. The van der Waals surface area contributed by atoms with Crippen molar-refractivity contribution in [3.8, 4) is 5.75 Å². The first-order valence-electron chi connectivity index (χ1n) is 13.1. The average molecular weight is 567 g/mol. The lowest BCUT2D eigenvalue weighted by Gasteiger charge is -2.35. The summed E-state index contributed by atoms with van der Waals surface area (Å²) >= 11 is 0. The molecule has 4 rings (SSSR count). The smallest absolute Gasteiger partial charge is 0.423 e. The van der Waals surface area contributed by atoms with E-state index in [0.717, 1.165) is 49.5 Å². The molecule has 0 atom stereocenters. The summed E-state index contributed by atoms with van der Waals surface area (Å²) in [5, 5.41) is 14.0. The summed E-state index contributed by atoms with van der Waals surface area (Å²) in [5.41, 5.74) is -0.965. The standard InChI is InChI=1S/C27H33F3N4O5.CH4/c1-2-38-22-6-4-21(5-7-22)32-15-11-23(12-16-32)39-18-26(35)33-13-9-19(10-14-33)31-20-3-8-25(34(36)37)24(17-20)27(28,29)30;/h3-8,17,19,23,31H,2,9-16,18H2,1H3;1H4. The van der Waals surface area contributed by atoms with Gasteiger partial charge in [0.05, 0.1) is 17.6 Å². The minimum Gasteiger partial charge on any atom is -0.494 e. The Hall–Kier alpha value is -3.54. The number of carbonyl (C=O) groups is 1. The summed E-state index contributed by atoms with van der Waals surface area (Å²) in [6.07, 6.45) is -2.09. The number of nitro benzene ring substituents is 1. The number of nitro groups is 1. The third kappa shape index (κ3) is 8.00. The Morgan fingerprint density at radius 3 is 2.27 bits per heavy atom. The van der Waals surface area contributed by atoms with Gasteiger partial charge < -0.3 is 24.6 Å². The second-order valence-corrected chi connectivity index (χ2v) is 9.71. The highest BCUT2D eigenvalue weighted by molar-refractivity contribution is 5.77. The molecule has 12 heteroatoms. The molecule has 2 saturated heterocycles. The Balaban J connectivity index is 0.00000441. The Kier molecular flexibility index (Phi) is 10.6. The first kappa shape index (κ1) is 31.0.